The topological polar surface area (TPSA) is 87.5 Å². The Hall–Kier alpha value is -1.61. The molecule has 1 N–H and O–H groups in total. The van der Waals surface area contributed by atoms with Gasteiger partial charge in [-0.1, -0.05) is 19.3 Å². The zero-order valence-corrected chi connectivity index (χ0v) is 15.5. The Labute approximate surface area is 149 Å². The van der Waals surface area contributed by atoms with Gasteiger partial charge < -0.3 is 10.2 Å². The van der Waals surface area contributed by atoms with Gasteiger partial charge in [0.15, 0.2) is 0 Å². The number of urea groups is 1. The number of sulfonamides is 1. The molecule has 1 saturated heterocycles. The average Bonchev–Trinajstić information content (AvgIpc) is 2.89. The molecule has 1 aliphatic heterocycles. The van der Waals surface area contributed by atoms with Crippen molar-refractivity contribution < 1.29 is 13.2 Å². The lowest BCUT2D eigenvalue weighted by Gasteiger charge is -2.27. The highest BCUT2D eigenvalue weighted by molar-refractivity contribution is 7.89. The number of hydrogen-bond acceptors (Lipinski definition) is 4. The van der Waals surface area contributed by atoms with Gasteiger partial charge in [0.25, 0.3) is 0 Å². The zero-order valence-electron chi connectivity index (χ0n) is 14.7. The van der Waals surface area contributed by atoms with Crippen LogP contribution in [0.1, 0.15) is 38.5 Å². The van der Waals surface area contributed by atoms with E-state index in [1.165, 1.54) is 40.6 Å². The standard InChI is InChI=1S/C16H27N5O3S/c1-19-13-15(12-17-19)25(23,24)21-9-5-8-20(10-11-21)16(22)18-14-6-3-2-4-7-14/h12-14H,2-11H2,1H3,(H,18,22). The maximum absolute atomic E-state index is 12.7. The normalized spacial score (nSPS) is 21.1. The van der Waals surface area contributed by atoms with Gasteiger partial charge in [0.1, 0.15) is 4.90 Å². The number of amides is 2. The lowest BCUT2D eigenvalue weighted by molar-refractivity contribution is 0.192. The van der Waals surface area contributed by atoms with Crippen LogP contribution in [-0.4, -0.2) is 65.7 Å². The molecule has 0 radical (unpaired) electrons. The first kappa shape index (κ1) is 18.2. The largest absolute Gasteiger partial charge is 0.335 e. The van der Waals surface area contributed by atoms with Crippen molar-refractivity contribution in [2.24, 2.45) is 7.05 Å². The molecule has 1 saturated carbocycles. The molecule has 25 heavy (non-hydrogen) atoms. The minimum Gasteiger partial charge on any atom is -0.335 e. The molecule has 0 spiro atoms. The van der Waals surface area contributed by atoms with E-state index in [0.29, 0.717) is 32.6 Å². The Morgan fingerprint density at radius 3 is 2.56 bits per heavy atom. The van der Waals surface area contributed by atoms with Crippen LogP contribution in [0.4, 0.5) is 4.79 Å². The second-order valence-electron chi connectivity index (χ2n) is 6.88. The van der Waals surface area contributed by atoms with Gasteiger partial charge in [-0.3, -0.25) is 4.68 Å². The van der Waals surface area contributed by atoms with Crippen molar-refractivity contribution in [3.63, 3.8) is 0 Å². The van der Waals surface area contributed by atoms with Gasteiger partial charge in [-0.25, -0.2) is 13.2 Å². The smallest absolute Gasteiger partial charge is 0.317 e. The number of carbonyl (C=O) groups is 1. The highest BCUT2D eigenvalue weighted by Gasteiger charge is 2.29. The summed E-state index contributed by atoms with van der Waals surface area (Å²) in [7, 11) is -1.86. The van der Waals surface area contributed by atoms with E-state index in [1.807, 2.05) is 0 Å². The molecule has 1 aromatic heterocycles. The summed E-state index contributed by atoms with van der Waals surface area (Å²) >= 11 is 0. The fraction of sp³-hybridized carbons (Fsp3) is 0.750. The Kier molecular flexibility index (Phi) is 5.63. The molecule has 9 heteroatoms. The van der Waals surface area contributed by atoms with E-state index in [-0.39, 0.29) is 17.0 Å². The Bertz CT molecular complexity index is 696. The maximum atomic E-state index is 12.7. The molecular weight excluding hydrogens is 342 g/mol. The van der Waals surface area contributed by atoms with Gasteiger partial charge in [0.05, 0.1) is 6.20 Å². The molecule has 0 atom stereocenters. The second-order valence-corrected chi connectivity index (χ2v) is 8.82. The van der Waals surface area contributed by atoms with Crippen LogP contribution in [0, 0.1) is 0 Å². The minimum atomic E-state index is -3.55. The third-order valence-electron chi connectivity index (χ3n) is 4.99. The lowest BCUT2D eigenvalue weighted by atomic mass is 9.96. The van der Waals surface area contributed by atoms with E-state index in [1.54, 1.807) is 11.9 Å². The zero-order chi connectivity index (χ0) is 17.9. The molecule has 140 valence electrons. The van der Waals surface area contributed by atoms with Crippen LogP contribution >= 0.6 is 0 Å². The molecule has 2 amide bonds. The number of hydrogen-bond donors (Lipinski definition) is 1. The van der Waals surface area contributed by atoms with E-state index in [2.05, 4.69) is 10.4 Å². The molecule has 1 aromatic rings. The van der Waals surface area contributed by atoms with Crippen molar-refractivity contribution in [1.29, 1.82) is 0 Å². The highest BCUT2D eigenvalue weighted by Crippen LogP contribution is 2.19. The average molecular weight is 369 g/mol. The van der Waals surface area contributed by atoms with Crippen LogP contribution < -0.4 is 5.32 Å². The van der Waals surface area contributed by atoms with Crippen molar-refractivity contribution in [3.05, 3.63) is 12.4 Å². The summed E-state index contributed by atoms with van der Waals surface area (Å²) in [6, 6.07) is 0.201. The minimum absolute atomic E-state index is 0.0625. The Morgan fingerprint density at radius 2 is 1.88 bits per heavy atom. The van der Waals surface area contributed by atoms with Gasteiger partial charge >= 0.3 is 6.03 Å². The third-order valence-corrected chi connectivity index (χ3v) is 6.85. The second kappa shape index (κ2) is 7.74. The predicted molar refractivity (Wildman–Crippen MR) is 93.6 cm³/mol. The summed E-state index contributed by atoms with van der Waals surface area (Å²) < 4.78 is 28.3. The number of aromatic nitrogens is 2. The van der Waals surface area contributed by atoms with E-state index < -0.39 is 10.0 Å². The summed E-state index contributed by atoms with van der Waals surface area (Å²) in [5.74, 6) is 0. The molecule has 0 unspecified atom stereocenters. The molecule has 2 aliphatic rings. The molecule has 0 aromatic carbocycles. The number of nitrogens with one attached hydrogen (secondary N) is 1. The highest BCUT2D eigenvalue weighted by atomic mass is 32.2. The SMILES string of the molecule is Cn1cc(S(=O)(=O)N2CCCN(C(=O)NC3CCCCC3)CC2)cn1. The summed E-state index contributed by atoms with van der Waals surface area (Å²) in [6.45, 7) is 1.73. The van der Waals surface area contributed by atoms with Gasteiger partial charge in [-0.05, 0) is 19.3 Å². The van der Waals surface area contributed by atoms with E-state index >= 15 is 0 Å². The number of aryl methyl sites for hydroxylation is 1. The van der Waals surface area contributed by atoms with Crippen LogP contribution in [0.3, 0.4) is 0 Å². The third kappa shape index (κ3) is 4.33. The van der Waals surface area contributed by atoms with Crippen LogP contribution in [0.2, 0.25) is 0 Å². The van der Waals surface area contributed by atoms with Gasteiger partial charge in [-0.15, -0.1) is 0 Å². The molecule has 3 rings (SSSR count). The first-order valence-electron chi connectivity index (χ1n) is 9.01. The monoisotopic (exact) mass is 369 g/mol. The van der Waals surface area contributed by atoms with Gasteiger partial charge in [0, 0.05) is 45.5 Å². The van der Waals surface area contributed by atoms with E-state index in [4.69, 9.17) is 0 Å². The van der Waals surface area contributed by atoms with Crippen molar-refractivity contribution in [2.45, 2.75) is 49.5 Å². The van der Waals surface area contributed by atoms with Crippen LogP contribution in [0.25, 0.3) is 0 Å². The van der Waals surface area contributed by atoms with E-state index in [9.17, 15) is 13.2 Å². The first-order chi connectivity index (χ1) is 12.0. The molecule has 2 heterocycles. The van der Waals surface area contributed by atoms with Gasteiger partial charge in [-0.2, -0.15) is 9.40 Å². The predicted octanol–water partition coefficient (Wildman–Crippen LogP) is 1.16. The maximum Gasteiger partial charge on any atom is 0.317 e. The summed E-state index contributed by atoms with van der Waals surface area (Å²) in [5, 5.41) is 7.06. The fourth-order valence-electron chi connectivity index (χ4n) is 3.53. The summed E-state index contributed by atoms with van der Waals surface area (Å²) in [5.41, 5.74) is 0. The number of rotatable bonds is 3. The first-order valence-corrected chi connectivity index (χ1v) is 10.4. The molecule has 8 nitrogen and oxygen atoms in total. The Morgan fingerprint density at radius 1 is 1.12 bits per heavy atom. The molecule has 1 aliphatic carbocycles. The summed E-state index contributed by atoms with van der Waals surface area (Å²) in [4.78, 5) is 14.4. The van der Waals surface area contributed by atoms with Crippen molar-refractivity contribution in [3.8, 4) is 0 Å². The van der Waals surface area contributed by atoms with Crippen LogP contribution in [0.15, 0.2) is 17.3 Å². The number of carbonyl (C=O) groups excluding carboxylic acids is 1. The quantitative estimate of drug-likeness (QED) is 0.866. The van der Waals surface area contributed by atoms with E-state index in [0.717, 1.165) is 12.8 Å². The fourth-order valence-corrected chi connectivity index (χ4v) is 4.99. The number of nitrogens with zero attached hydrogens (tertiary/aromatic N) is 4. The summed E-state index contributed by atoms with van der Waals surface area (Å²) in [6.07, 6.45) is 9.18. The molecular formula is C16H27N5O3S. The molecule has 0 bridgehead atoms. The van der Waals surface area contributed by atoms with Crippen LogP contribution in [0.5, 0.6) is 0 Å². The Balaban J connectivity index is 1.59. The molecule has 2 fully saturated rings. The van der Waals surface area contributed by atoms with Gasteiger partial charge in [0.2, 0.25) is 10.0 Å². The van der Waals surface area contributed by atoms with Crippen molar-refractivity contribution in [2.75, 3.05) is 26.2 Å². The lowest BCUT2D eigenvalue weighted by Crippen LogP contribution is -2.46. The van der Waals surface area contributed by atoms with Crippen molar-refractivity contribution >= 4 is 16.1 Å². The van der Waals surface area contributed by atoms with Crippen molar-refractivity contribution in [1.82, 2.24) is 24.3 Å². The van der Waals surface area contributed by atoms with Crippen LogP contribution in [-0.2, 0) is 17.1 Å².